The summed E-state index contributed by atoms with van der Waals surface area (Å²) in [5.74, 6) is -0.297. The number of hydrogen-bond acceptors (Lipinski definition) is 5. The summed E-state index contributed by atoms with van der Waals surface area (Å²) in [6, 6.07) is 15.4. The highest BCUT2D eigenvalue weighted by atomic mass is 16.2. The van der Waals surface area contributed by atoms with Crippen LogP contribution in [-0.4, -0.2) is 38.9 Å². The zero-order valence-corrected chi connectivity index (χ0v) is 17.3. The standard InChI is InChI=1S/C23H27N5O2/c1-27(18-10-3-2-4-11-18)15-17-9-5-7-13-20(17)24-22(29)16-28-23(30)19-12-6-8-14-21(19)25-26-28/h5-9,12-14,18H,2-4,10-11,15-16H2,1H3,(H,24,29). The summed E-state index contributed by atoms with van der Waals surface area (Å²) in [5.41, 5.74) is 2.04. The van der Waals surface area contributed by atoms with Crippen LogP contribution < -0.4 is 10.9 Å². The van der Waals surface area contributed by atoms with Crippen LogP contribution in [0.4, 0.5) is 5.69 Å². The molecule has 4 rings (SSSR count). The van der Waals surface area contributed by atoms with Gasteiger partial charge in [-0.05, 0) is 43.7 Å². The SMILES string of the molecule is CN(Cc1ccccc1NC(=O)Cn1nnc2ccccc2c1=O)C1CCCCC1. The van der Waals surface area contributed by atoms with Crippen molar-refractivity contribution in [2.75, 3.05) is 12.4 Å². The van der Waals surface area contributed by atoms with Crippen molar-refractivity contribution in [2.45, 2.75) is 51.2 Å². The van der Waals surface area contributed by atoms with E-state index in [1.165, 1.54) is 32.1 Å². The highest BCUT2D eigenvalue weighted by Gasteiger charge is 2.19. The molecule has 0 spiro atoms. The summed E-state index contributed by atoms with van der Waals surface area (Å²) < 4.78 is 1.11. The Balaban J connectivity index is 1.46. The van der Waals surface area contributed by atoms with Gasteiger partial charge in [-0.25, -0.2) is 4.68 Å². The van der Waals surface area contributed by atoms with Crippen molar-refractivity contribution in [1.29, 1.82) is 0 Å². The Bertz CT molecular complexity index is 1090. The van der Waals surface area contributed by atoms with E-state index in [1.807, 2.05) is 24.3 Å². The first-order valence-electron chi connectivity index (χ1n) is 10.5. The van der Waals surface area contributed by atoms with Gasteiger partial charge in [0.2, 0.25) is 5.91 Å². The molecule has 1 heterocycles. The minimum atomic E-state index is -0.318. The number of fused-ring (bicyclic) bond motifs is 1. The molecular formula is C23H27N5O2. The molecule has 1 aliphatic rings. The minimum absolute atomic E-state index is 0.177. The molecule has 0 bridgehead atoms. The van der Waals surface area contributed by atoms with Gasteiger partial charge in [0.25, 0.3) is 5.56 Å². The Labute approximate surface area is 175 Å². The second kappa shape index (κ2) is 9.17. The lowest BCUT2D eigenvalue weighted by Gasteiger charge is -2.31. The number of carbonyl (C=O) groups is 1. The first-order valence-corrected chi connectivity index (χ1v) is 10.5. The monoisotopic (exact) mass is 405 g/mol. The third kappa shape index (κ3) is 4.57. The topological polar surface area (TPSA) is 80.1 Å². The van der Waals surface area contributed by atoms with E-state index < -0.39 is 0 Å². The van der Waals surface area contributed by atoms with Crippen LogP contribution in [0.3, 0.4) is 0 Å². The number of anilines is 1. The molecule has 30 heavy (non-hydrogen) atoms. The van der Waals surface area contributed by atoms with E-state index in [2.05, 4.69) is 27.6 Å². The second-order valence-electron chi connectivity index (χ2n) is 7.98. The highest BCUT2D eigenvalue weighted by molar-refractivity contribution is 5.91. The van der Waals surface area contributed by atoms with Crippen molar-refractivity contribution >= 4 is 22.5 Å². The fourth-order valence-corrected chi connectivity index (χ4v) is 4.15. The first kappa shape index (κ1) is 20.2. The van der Waals surface area contributed by atoms with Gasteiger partial charge in [-0.1, -0.05) is 54.8 Å². The van der Waals surface area contributed by atoms with E-state index in [-0.39, 0.29) is 18.0 Å². The Morgan fingerprint density at radius 3 is 2.67 bits per heavy atom. The molecule has 1 fully saturated rings. The summed E-state index contributed by atoms with van der Waals surface area (Å²) in [4.78, 5) is 27.6. The molecule has 7 heteroatoms. The van der Waals surface area contributed by atoms with Gasteiger partial charge in [-0.3, -0.25) is 14.5 Å². The third-order valence-corrected chi connectivity index (χ3v) is 5.83. The average Bonchev–Trinajstić information content (AvgIpc) is 2.78. The Kier molecular flexibility index (Phi) is 6.18. The van der Waals surface area contributed by atoms with Crippen LogP contribution >= 0.6 is 0 Å². The summed E-state index contributed by atoms with van der Waals surface area (Å²) in [6.45, 7) is 0.598. The lowest BCUT2D eigenvalue weighted by Crippen LogP contribution is -2.33. The second-order valence-corrected chi connectivity index (χ2v) is 7.98. The zero-order chi connectivity index (χ0) is 20.9. The number of para-hydroxylation sites is 1. The Hall–Kier alpha value is -3.06. The number of nitrogens with zero attached hydrogens (tertiary/aromatic N) is 4. The van der Waals surface area contributed by atoms with Gasteiger partial charge in [0.05, 0.1) is 5.39 Å². The molecule has 0 aliphatic heterocycles. The van der Waals surface area contributed by atoms with Gasteiger partial charge < -0.3 is 5.32 Å². The molecule has 156 valence electrons. The molecular weight excluding hydrogens is 378 g/mol. The van der Waals surface area contributed by atoms with Crippen molar-refractivity contribution in [2.24, 2.45) is 0 Å². The van der Waals surface area contributed by atoms with Crippen LogP contribution in [0, 0.1) is 0 Å². The van der Waals surface area contributed by atoms with Crippen molar-refractivity contribution in [3.8, 4) is 0 Å². The predicted octanol–water partition coefficient (Wildman–Crippen LogP) is 3.19. The predicted molar refractivity (Wildman–Crippen MR) is 117 cm³/mol. The lowest BCUT2D eigenvalue weighted by molar-refractivity contribution is -0.117. The van der Waals surface area contributed by atoms with Crippen molar-refractivity contribution < 1.29 is 4.79 Å². The number of nitrogens with one attached hydrogen (secondary N) is 1. The maximum absolute atomic E-state index is 12.7. The number of benzene rings is 2. The molecule has 1 N–H and O–H groups in total. The van der Waals surface area contributed by atoms with Crippen LogP contribution in [0.25, 0.3) is 10.9 Å². The maximum atomic E-state index is 12.7. The third-order valence-electron chi connectivity index (χ3n) is 5.83. The summed E-state index contributed by atoms with van der Waals surface area (Å²) in [7, 11) is 2.15. The Morgan fingerprint density at radius 2 is 1.83 bits per heavy atom. The van der Waals surface area contributed by atoms with Gasteiger partial charge in [0.1, 0.15) is 12.1 Å². The van der Waals surface area contributed by atoms with Crippen molar-refractivity contribution in [3.05, 3.63) is 64.4 Å². The Morgan fingerprint density at radius 1 is 1.10 bits per heavy atom. The molecule has 1 saturated carbocycles. The molecule has 1 amide bonds. The van der Waals surface area contributed by atoms with E-state index in [1.54, 1.807) is 24.3 Å². The fourth-order valence-electron chi connectivity index (χ4n) is 4.15. The molecule has 3 aromatic rings. The number of hydrogen-bond donors (Lipinski definition) is 1. The molecule has 2 aromatic carbocycles. The number of carbonyl (C=O) groups excluding carboxylic acids is 1. The number of rotatable bonds is 6. The van der Waals surface area contributed by atoms with Gasteiger partial charge >= 0.3 is 0 Å². The molecule has 0 saturated heterocycles. The summed E-state index contributed by atoms with van der Waals surface area (Å²) in [5, 5.41) is 11.3. The number of aromatic nitrogens is 3. The first-order chi connectivity index (χ1) is 14.6. The molecule has 0 atom stereocenters. The van der Waals surface area contributed by atoms with E-state index in [9.17, 15) is 9.59 Å². The molecule has 1 aliphatic carbocycles. The van der Waals surface area contributed by atoms with Gasteiger partial charge in [0, 0.05) is 18.3 Å². The van der Waals surface area contributed by atoms with Crippen molar-refractivity contribution in [1.82, 2.24) is 19.9 Å². The van der Waals surface area contributed by atoms with Gasteiger partial charge in [-0.2, -0.15) is 0 Å². The van der Waals surface area contributed by atoms with Gasteiger partial charge in [-0.15, -0.1) is 5.10 Å². The van der Waals surface area contributed by atoms with E-state index in [0.717, 1.165) is 22.5 Å². The highest BCUT2D eigenvalue weighted by Crippen LogP contribution is 2.24. The van der Waals surface area contributed by atoms with Crippen molar-refractivity contribution in [3.63, 3.8) is 0 Å². The van der Waals surface area contributed by atoms with Crippen LogP contribution in [0.1, 0.15) is 37.7 Å². The molecule has 1 aromatic heterocycles. The van der Waals surface area contributed by atoms with E-state index in [0.29, 0.717) is 16.9 Å². The fraction of sp³-hybridized carbons (Fsp3) is 0.391. The van der Waals surface area contributed by atoms with Crippen LogP contribution in [-0.2, 0) is 17.9 Å². The van der Waals surface area contributed by atoms with Crippen LogP contribution in [0.5, 0.6) is 0 Å². The van der Waals surface area contributed by atoms with E-state index >= 15 is 0 Å². The summed E-state index contributed by atoms with van der Waals surface area (Å²) >= 11 is 0. The smallest absolute Gasteiger partial charge is 0.278 e. The molecule has 7 nitrogen and oxygen atoms in total. The maximum Gasteiger partial charge on any atom is 0.278 e. The zero-order valence-electron chi connectivity index (χ0n) is 17.3. The molecule has 0 radical (unpaired) electrons. The average molecular weight is 406 g/mol. The normalized spacial score (nSPS) is 14.9. The van der Waals surface area contributed by atoms with Gasteiger partial charge in [0.15, 0.2) is 0 Å². The van der Waals surface area contributed by atoms with Crippen LogP contribution in [0.15, 0.2) is 53.3 Å². The summed E-state index contributed by atoms with van der Waals surface area (Å²) in [6.07, 6.45) is 6.36. The quantitative estimate of drug-likeness (QED) is 0.681. The lowest BCUT2D eigenvalue weighted by atomic mass is 9.94. The minimum Gasteiger partial charge on any atom is -0.324 e. The number of amides is 1. The van der Waals surface area contributed by atoms with E-state index in [4.69, 9.17) is 0 Å². The molecule has 0 unspecified atom stereocenters. The largest absolute Gasteiger partial charge is 0.324 e. The van der Waals surface area contributed by atoms with Crippen LogP contribution in [0.2, 0.25) is 0 Å².